The highest BCUT2D eigenvalue weighted by atomic mass is 16.6. The monoisotopic (exact) mass is 521 g/mol. The molecule has 3 N–H and O–H groups in total. The Balaban J connectivity index is 1.56. The molecular weight excluding hydrogens is 486 g/mol. The van der Waals surface area contributed by atoms with Gasteiger partial charge in [0.25, 0.3) is 0 Å². The van der Waals surface area contributed by atoms with Crippen molar-refractivity contribution in [2.24, 2.45) is 5.73 Å². The molecule has 0 radical (unpaired) electrons. The summed E-state index contributed by atoms with van der Waals surface area (Å²) < 4.78 is 13.4. The average molecular weight is 522 g/mol. The van der Waals surface area contributed by atoms with Crippen LogP contribution in [-0.4, -0.2) is 56.8 Å². The standard InChI is InChI=1S/C28H35N5O5/c1-19(34)24-13-8-14-32(24)27(36)38-17-22-12-7-11-21-15-30-25(33(21)22)23(31-26(35)28(2,3)29)18-37-16-20-9-5-4-6-10-20/h4-7,9-12,15,23-24H,8,13-14,16-18,29H2,1-3H3,(H,31,35)/t23-,24-/m1/s1. The summed E-state index contributed by atoms with van der Waals surface area (Å²) in [6, 6.07) is 14.2. The fourth-order valence-corrected chi connectivity index (χ4v) is 4.52. The summed E-state index contributed by atoms with van der Waals surface area (Å²) in [5.74, 6) is 0.131. The summed E-state index contributed by atoms with van der Waals surface area (Å²) >= 11 is 0. The highest BCUT2D eigenvalue weighted by Gasteiger charge is 2.33. The van der Waals surface area contributed by atoms with Crippen LogP contribution in [0.5, 0.6) is 0 Å². The minimum atomic E-state index is -1.11. The predicted octanol–water partition coefficient (Wildman–Crippen LogP) is 3.14. The fraction of sp³-hybridized carbons (Fsp3) is 0.429. The van der Waals surface area contributed by atoms with Crippen molar-refractivity contribution in [2.75, 3.05) is 13.2 Å². The second kappa shape index (κ2) is 11.7. The molecule has 1 saturated heterocycles. The SMILES string of the molecule is CC(=O)[C@H]1CCCN1C(=O)OCc1cccc2cnc([C@@H](COCc3ccccc3)NC(=O)C(C)(C)N)n12. The van der Waals surface area contributed by atoms with Crippen molar-refractivity contribution in [1.82, 2.24) is 19.6 Å². The number of pyridine rings is 1. The Kier molecular flexibility index (Phi) is 8.43. The van der Waals surface area contributed by atoms with Gasteiger partial charge in [0.1, 0.15) is 18.5 Å². The number of benzene rings is 1. The van der Waals surface area contributed by atoms with E-state index in [9.17, 15) is 14.4 Å². The van der Waals surface area contributed by atoms with E-state index < -0.39 is 23.7 Å². The molecule has 2 aromatic heterocycles. The number of rotatable bonds is 10. The minimum Gasteiger partial charge on any atom is -0.443 e. The summed E-state index contributed by atoms with van der Waals surface area (Å²) in [5.41, 5.74) is 7.38. The maximum Gasteiger partial charge on any atom is 0.410 e. The molecule has 1 fully saturated rings. The van der Waals surface area contributed by atoms with Gasteiger partial charge < -0.3 is 20.5 Å². The molecule has 0 unspecified atom stereocenters. The van der Waals surface area contributed by atoms with Crippen molar-refractivity contribution in [3.05, 3.63) is 71.8 Å². The highest BCUT2D eigenvalue weighted by Crippen LogP contribution is 2.22. The second-order valence-electron chi connectivity index (χ2n) is 10.2. The number of fused-ring (bicyclic) bond motifs is 1. The molecule has 10 heteroatoms. The van der Waals surface area contributed by atoms with Gasteiger partial charge >= 0.3 is 6.09 Å². The number of imidazole rings is 1. The van der Waals surface area contributed by atoms with E-state index in [2.05, 4.69) is 10.3 Å². The van der Waals surface area contributed by atoms with Crippen molar-refractivity contribution in [1.29, 1.82) is 0 Å². The molecule has 1 aromatic carbocycles. The van der Waals surface area contributed by atoms with E-state index >= 15 is 0 Å². The molecule has 3 aromatic rings. The van der Waals surface area contributed by atoms with Crippen LogP contribution >= 0.6 is 0 Å². The largest absolute Gasteiger partial charge is 0.443 e. The van der Waals surface area contributed by atoms with Crippen molar-refractivity contribution in [2.45, 2.75) is 64.4 Å². The lowest BCUT2D eigenvalue weighted by Crippen LogP contribution is -2.51. The first-order valence-electron chi connectivity index (χ1n) is 12.8. The molecule has 38 heavy (non-hydrogen) atoms. The number of nitrogens with one attached hydrogen (secondary N) is 1. The number of carbonyl (C=O) groups excluding carboxylic acids is 3. The summed E-state index contributed by atoms with van der Waals surface area (Å²) in [4.78, 5) is 43.6. The number of carbonyl (C=O) groups is 3. The van der Waals surface area contributed by atoms with E-state index in [1.54, 1.807) is 20.0 Å². The predicted molar refractivity (Wildman–Crippen MR) is 141 cm³/mol. The van der Waals surface area contributed by atoms with Crippen LogP contribution in [0.4, 0.5) is 4.79 Å². The number of hydrogen-bond acceptors (Lipinski definition) is 7. The molecule has 1 aliphatic heterocycles. The molecule has 1 aliphatic rings. The first-order chi connectivity index (χ1) is 18.1. The number of nitrogens with zero attached hydrogens (tertiary/aromatic N) is 3. The fourth-order valence-electron chi connectivity index (χ4n) is 4.52. The zero-order valence-corrected chi connectivity index (χ0v) is 22.1. The lowest BCUT2D eigenvalue weighted by molar-refractivity contribution is -0.126. The number of hydrogen-bond donors (Lipinski definition) is 2. The van der Waals surface area contributed by atoms with Crippen LogP contribution < -0.4 is 11.1 Å². The number of Topliss-reactive ketones (excluding diaryl/α,β-unsaturated/α-hetero) is 1. The van der Waals surface area contributed by atoms with E-state index in [1.165, 1.54) is 11.8 Å². The molecular formula is C28H35N5O5. The zero-order chi connectivity index (χ0) is 27.3. The quantitative estimate of drug-likeness (QED) is 0.419. The number of nitrogens with two attached hydrogens (primary N) is 1. The lowest BCUT2D eigenvalue weighted by Gasteiger charge is -2.25. The van der Waals surface area contributed by atoms with Gasteiger partial charge in [0.2, 0.25) is 5.91 Å². The summed E-state index contributed by atoms with van der Waals surface area (Å²) in [7, 11) is 0. The number of aromatic nitrogens is 2. The smallest absolute Gasteiger partial charge is 0.410 e. The van der Waals surface area contributed by atoms with Crippen LogP contribution in [0.1, 0.15) is 56.7 Å². The minimum absolute atomic E-state index is 0.0332. The first kappa shape index (κ1) is 27.3. The van der Waals surface area contributed by atoms with Gasteiger partial charge in [-0.1, -0.05) is 36.4 Å². The molecule has 0 aliphatic carbocycles. The Morgan fingerprint density at radius 3 is 2.61 bits per heavy atom. The molecule has 10 nitrogen and oxygen atoms in total. The van der Waals surface area contributed by atoms with Gasteiger partial charge in [-0.15, -0.1) is 0 Å². The Morgan fingerprint density at radius 2 is 1.89 bits per heavy atom. The van der Waals surface area contributed by atoms with Crippen LogP contribution in [-0.2, 0) is 32.3 Å². The van der Waals surface area contributed by atoms with Gasteiger partial charge in [0, 0.05) is 6.54 Å². The second-order valence-corrected chi connectivity index (χ2v) is 10.2. The molecule has 202 valence electrons. The maximum atomic E-state index is 12.8. The van der Waals surface area contributed by atoms with Crippen LogP contribution in [0.15, 0.2) is 54.7 Å². The molecule has 2 amide bonds. The van der Waals surface area contributed by atoms with Gasteiger partial charge in [0.15, 0.2) is 5.78 Å². The first-order valence-corrected chi connectivity index (χ1v) is 12.8. The van der Waals surface area contributed by atoms with Crippen molar-refractivity contribution in [3.63, 3.8) is 0 Å². The van der Waals surface area contributed by atoms with Crippen molar-refractivity contribution >= 4 is 23.3 Å². The normalized spacial score (nSPS) is 16.4. The number of amides is 2. The number of ketones is 1. The number of likely N-dealkylation sites (tertiary alicyclic amines) is 1. The van der Waals surface area contributed by atoms with Crippen LogP contribution in [0.2, 0.25) is 0 Å². The van der Waals surface area contributed by atoms with Gasteiger partial charge in [-0.3, -0.25) is 18.9 Å². The third-order valence-corrected chi connectivity index (χ3v) is 6.56. The van der Waals surface area contributed by atoms with E-state index in [4.69, 9.17) is 15.2 Å². The molecule has 0 bridgehead atoms. The molecule has 0 spiro atoms. The van der Waals surface area contributed by atoms with Crippen LogP contribution in [0.25, 0.3) is 5.52 Å². The Bertz CT molecular complexity index is 1280. The van der Waals surface area contributed by atoms with Gasteiger partial charge in [-0.05, 0) is 51.3 Å². The Morgan fingerprint density at radius 1 is 1.13 bits per heavy atom. The van der Waals surface area contributed by atoms with Gasteiger partial charge in [-0.25, -0.2) is 9.78 Å². The molecule has 0 saturated carbocycles. The third-order valence-electron chi connectivity index (χ3n) is 6.56. The summed E-state index contributed by atoms with van der Waals surface area (Å²) in [5, 5.41) is 2.97. The van der Waals surface area contributed by atoms with E-state index in [-0.39, 0.29) is 24.9 Å². The van der Waals surface area contributed by atoms with Crippen molar-refractivity contribution < 1.29 is 23.9 Å². The molecule has 4 rings (SSSR count). The highest BCUT2D eigenvalue weighted by molar-refractivity contribution is 5.86. The lowest BCUT2D eigenvalue weighted by atomic mass is 10.1. The van der Waals surface area contributed by atoms with E-state index in [1.807, 2.05) is 52.9 Å². The van der Waals surface area contributed by atoms with Crippen LogP contribution in [0.3, 0.4) is 0 Å². The van der Waals surface area contributed by atoms with Crippen LogP contribution in [0, 0.1) is 0 Å². The molecule has 2 atom stereocenters. The van der Waals surface area contributed by atoms with Gasteiger partial charge in [-0.2, -0.15) is 0 Å². The van der Waals surface area contributed by atoms with E-state index in [0.29, 0.717) is 31.1 Å². The maximum absolute atomic E-state index is 12.8. The summed E-state index contributed by atoms with van der Waals surface area (Å²) in [6.45, 7) is 5.72. The zero-order valence-electron chi connectivity index (χ0n) is 22.1. The summed E-state index contributed by atoms with van der Waals surface area (Å²) in [6.07, 6.45) is 2.58. The topological polar surface area (TPSA) is 128 Å². The average Bonchev–Trinajstić information content (AvgIpc) is 3.55. The Labute approximate surface area is 222 Å². The third kappa shape index (κ3) is 6.38. The van der Waals surface area contributed by atoms with Crippen molar-refractivity contribution in [3.8, 4) is 0 Å². The molecule has 3 heterocycles. The number of ether oxygens (including phenoxy) is 2. The van der Waals surface area contributed by atoms with Gasteiger partial charge in [0.05, 0.1) is 42.2 Å². The van der Waals surface area contributed by atoms with E-state index in [0.717, 1.165) is 17.5 Å². The Hall–Kier alpha value is -3.76.